The third-order valence-electron chi connectivity index (χ3n) is 3.44. The fourth-order valence-corrected chi connectivity index (χ4v) is 3.39. The largest absolute Gasteiger partial charge is 0.356 e. The van der Waals surface area contributed by atoms with Gasteiger partial charge in [-0.1, -0.05) is 13.3 Å². The number of hydrogen-bond donors (Lipinski definition) is 0. The molecular weight excluding hydrogens is 254 g/mol. The van der Waals surface area contributed by atoms with Crippen LogP contribution in [0.5, 0.6) is 0 Å². The van der Waals surface area contributed by atoms with E-state index < -0.39 is 0 Å². The van der Waals surface area contributed by atoms with E-state index >= 15 is 0 Å². The maximum absolute atomic E-state index is 5.99. The molecule has 0 spiro atoms. The molecule has 0 amide bonds. The summed E-state index contributed by atoms with van der Waals surface area (Å²) in [4.78, 5) is 12.0. The van der Waals surface area contributed by atoms with Crippen molar-refractivity contribution in [1.82, 2.24) is 9.97 Å². The summed E-state index contributed by atoms with van der Waals surface area (Å²) >= 11 is 7.61. The number of anilines is 1. The Bertz CT molecular complexity index is 540. The summed E-state index contributed by atoms with van der Waals surface area (Å²) < 4.78 is 0. The summed E-state index contributed by atoms with van der Waals surface area (Å²) in [5.74, 6) is 1.80. The highest BCUT2D eigenvalue weighted by molar-refractivity contribution is 7.16. The Kier molecular flexibility index (Phi) is 2.92. The van der Waals surface area contributed by atoms with Gasteiger partial charge in [-0.15, -0.1) is 11.3 Å². The van der Waals surface area contributed by atoms with Gasteiger partial charge in [0.1, 0.15) is 10.6 Å². The van der Waals surface area contributed by atoms with E-state index in [2.05, 4.69) is 27.9 Å². The molecule has 3 rings (SSSR count). The maximum Gasteiger partial charge on any atom is 0.225 e. The highest BCUT2D eigenvalue weighted by Crippen LogP contribution is 2.32. The summed E-state index contributed by atoms with van der Waals surface area (Å²) in [6.07, 6.45) is 2.49. The molecule has 0 aliphatic carbocycles. The molecule has 1 atom stereocenters. The lowest BCUT2D eigenvalue weighted by Crippen LogP contribution is -2.21. The van der Waals surface area contributed by atoms with Crippen molar-refractivity contribution < 1.29 is 0 Å². The predicted molar refractivity (Wildman–Crippen MR) is 73.0 cm³/mol. The number of aromatic nitrogens is 2. The highest BCUT2D eigenvalue weighted by atomic mass is 35.5. The minimum absolute atomic E-state index is 0.356. The Morgan fingerprint density at radius 2 is 2.41 bits per heavy atom. The quantitative estimate of drug-likeness (QED) is 0.779. The lowest BCUT2D eigenvalue weighted by Gasteiger charge is -2.18. The van der Waals surface area contributed by atoms with E-state index in [1.165, 1.54) is 12.8 Å². The third kappa shape index (κ3) is 2.00. The van der Waals surface area contributed by atoms with Gasteiger partial charge in [0.25, 0.3) is 0 Å². The second kappa shape index (κ2) is 4.42. The van der Waals surface area contributed by atoms with E-state index in [-0.39, 0.29) is 0 Å². The molecule has 2 aromatic heterocycles. The fourth-order valence-electron chi connectivity index (χ4n) is 2.41. The van der Waals surface area contributed by atoms with Crippen LogP contribution in [-0.4, -0.2) is 23.1 Å². The molecule has 0 radical (unpaired) electrons. The summed E-state index contributed by atoms with van der Waals surface area (Å²) in [6.45, 7) is 4.42. The predicted octanol–water partition coefficient (Wildman–Crippen LogP) is 3.58. The molecule has 1 fully saturated rings. The number of nitrogens with zero attached hydrogens (tertiary/aromatic N) is 3. The zero-order chi connectivity index (χ0) is 11.8. The van der Waals surface area contributed by atoms with Crippen LogP contribution in [0, 0.1) is 5.92 Å². The number of fused-ring (bicyclic) bond motifs is 1. The van der Waals surface area contributed by atoms with Crippen LogP contribution in [0.25, 0.3) is 10.2 Å². The van der Waals surface area contributed by atoms with Crippen LogP contribution < -0.4 is 4.90 Å². The molecule has 3 heterocycles. The normalized spacial score (nSPS) is 20.4. The number of rotatable bonds is 2. The minimum atomic E-state index is 0.356. The van der Waals surface area contributed by atoms with Crippen molar-refractivity contribution >= 4 is 39.0 Å². The molecular formula is C12H14ClN3S. The first-order valence-electron chi connectivity index (χ1n) is 5.93. The van der Waals surface area contributed by atoms with E-state index in [9.17, 15) is 0 Å². The van der Waals surface area contributed by atoms with Crippen LogP contribution in [0.1, 0.15) is 19.8 Å². The number of thiophene rings is 1. The average Bonchev–Trinajstić information content (AvgIpc) is 2.95. The van der Waals surface area contributed by atoms with Crippen molar-refractivity contribution in [2.75, 3.05) is 18.0 Å². The van der Waals surface area contributed by atoms with Crippen LogP contribution in [0.2, 0.25) is 5.28 Å². The minimum Gasteiger partial charge on any atom is -0.356 e. The van der Waals surface area contributed by atoms with Gasteiger partial charge < -0.3 is 4.90 Å². The van der Waals surface area contributed by atoms with Gasteiger partial charge in [0.2, 0.25) is 5.28 Å². The Labute approximate surface area is 109 Å². The molecule has 5 heteroatoms. The molecule has 0 saturated carbocycles. The lowest BCUT2D eigenvalue weighted by atomic mass is 10.1. The van der Waals surface area contributed by atoms with E-state index in [1.54, 1.807) is 11.3 Å². The van der Waals surface area contributed by atoms with Gasteiger partial charge in [-0.25, -0.2) is 4.98 Å². The SMILES string of the molecule is CCC1CCN(c2nc(Cl)nc3sccc23)C1. The molecule has 1 aliphatic heterocycles. The summed E-state index contributed by atoms with van der Waals surface area (Å²) in [7, 11) is 0. The first-order valence-corrected chi connectivity index (χ1v) is 7.19. The topological polar surface area (TPSA) is 29.0 Å². The molecule has 90 valence electrons. The first-order chi connectivity index (χ1) is 8.28. The maximum atomic E-state index is 5.99. The Morgan fingerprint density at radius 3 is 3.18 bits per heavy atom. The number of hydrogen-bond acceptors (Lipinski definition) is 4. The van der Waals surface area contributed by atoms with Gasteiger partial charge in [-0.3, -0.25) is 0 Å². The molecule has 2 aromatic rings. The second-order valence-corrected chi connectivity index (χ2v) is 5.70. The van der Waals surface area contributed by atoms with Crippen molar-refractivity contribution in [2.24, 2.45) is 5.92 Å². The third-order valence-corrected chi connectivity index (χ3v) is 4.42. The Balaban J connectivity index is 2.02. The monoisotopic (exact) mass is 267 g/mol. The van der Waals surface area contributed by atoms with Crippen LogP contribution in [0.4, 0.5) is 5.82 Å². The van der Waals surface area contributed by atoms with E-state index in [0.29, 0.717) is 5.28 Å². The fraction of sp³-hybridized carbons (Fsp3) is 0.500. The molecule has 0 N–H and O–H groups in total. The van der Waals surface area contributed by atoms with Crippen LogP contribution >= 0.6 is 22.9 Å². The van der Waals surface area contributed by atoms with Gasteiger partial charge in [0.05, 0.1) is 5.39 Å². The van der Waals surface area contributed by atoms with Crippen molar-refractivity contribution in [1.29, 1.82) is 0 Å². The Morgan fingerprint density at radius 1 is 1.53 bits per heavy atom. The molecule has 1 saturated heterocycles. The molecule has 0 bridgehead atoms. The van der Waals surface area contributed by atoms with Crippen molar-refractivity contribution in [2.45, 2.75) is 19.8 Å². The van der Waals surface area contributed by atoms with E-state index in [4.69, 9.17) is 11.6 Å². The van der Waals surface area contributed by atoms with Gasteiger partial charge in [-0.2, -0.15) is 4.98 Å². The molecule has 1 aliphatic rings. The summed E-state index contributed by atoms with van der Waals surface area (Å²) in [6, 6.07) is 2.09. The first kappa shape index (κ1) is 11.2. The molecule has 0 aromatic carbocycles. The molecule has 3 nitrogen and oxygen atoms in total. The van der Waals surface area contributed by atoms with Gasteiger partial charge in [0.15, 0.2) is 0 Å². The van der Waals surface area contributed by atoms with Crippen LogP contribution in [-0.2, 0) is 0 Å². The van der Waals surface area contributed by atoms with Crippen molar-refractivity contribution in [3.05, 3.63) is 16.7 Å². The standard InChI is InChI=1S/C12H14ClN3S/c1-2-8-3-5-16(7-8)10-9-4-6-17-11(9)15-12(13)14-10/h4,6,8H,2-3,5,7H2,1H3. The zero-order valence-corrected chi connectivity index (χ0v) is 11.3. The summed E-state index contributed by atoms with van der Waals surface area (Å²) in [5, 5.41) is 3.54. The smallest absolute Gasteiger partial charge is 0.225 e. The summed E-state index contributed by atoms with van der Waals surface area (Å²) in [5.41, 5.74) is 0. The molecule has 1 unspecified atom stereocenters. The van der Waals surface area contributed by atoms with E-state index in [1.807, 2.05) is 5.38 Å². The number of halogens is 1. The van der Waals surface area contributed by atoms with Gasteiger partial charge >= 0.3 is 0 Å². The van der Waals surface area contributed by atoms with Crippen LogP contribution in [0.3, 0.4) is 0 Å². The van der Waals surface area contributed by atoms with Crippen molar-refractivity contribution in [3.63, 3.8) is 0 Å². The lowest BCUT2D eigenvalue weighted by molar-refractivity contribution is 0.569. The van der Waals surface area contributed by atoms with Gasteiger partial charge in [-0.05, 0) is 35.4 Å². The average molecular weight is 268 g/mol. The van der Waals surface area contributed by atoms with Crippen molar-refractivity contribution in [3.8, 4) is 0 Å². The second-order valence-electron chi connectivity index (χ2n) is 4.46. The van der Waals surface area contributed by atoms with Gasteiger partial charge in [0, 0.05) is 13.1 Å². The zero-order valence-electron chi connectivity index (χ0n) is 9.69. The Hall–Kier alpha value is -0.870. The highest BCUT2D eigenvalue weighted by Gasteiger charge is 2.24. The van der Waals surface area contributed by atoms with E-state index in [0.717, 1.165) is 35.0 Å². The molecule has 17 heavy (non-hydrogen) atoms. The van der Waals surface area contributed by atoms with Crippen LogP contribution in [0.15, 0.2) is 11.4 Å².